The topological polar surface area (TPSA) is 87.5 Å². The lowest BCUT2D eigenvalue weighted by Gasteiger charge is -2.16. The molecule has 7 nitrogen and oxygen atoms in total. The Morgan fingerprint density at radius 1 is 1.11 bits per heavy atom. The van der Waals surface area contributed by atoms with Crippen LogP contribution in [0.25, 0.3) is 11.0 Å². The highest BCUT2D eigenvalue weighted by Crippen LogP contribution is 2.17. The molecule has 1 aromatic heterocycles. The van der Waals surface area contributed by atoms with Gasteiger partial charge in [0.15, 0.2) is 0 Å². The van der Waals surface area contributed by atoms with E-state index in [0.717, 1.165) is 28.7 Å². The normalized spacial score (nSPS) is 16.4. The molecule has 144 valence electrons. The Morgan fingerprint density at radius 3 is 2.61 bits per heavy atom. The van der Waals surface area contributed by atoms with E-state index < -0.39 is 11.9 Å². The molecular formula is C21H22N4O3. The number of carboxylic acid groups (broad SMARTS) is 1. The van der Waals surface area contributed by atoms with E-state index in [-0.39, 0.29) is 12.6 Å². The quantitative estimate of drug-likeness (QED) is 0.715. The molecule has 28 heavy (non-hydrogen) atoms. The number of aromatic nitrogens is 2. The number of carbonyl (C=O) groups excluding carboxylic acids is 1. The fourth-order valence-corrected chi connectivity index (χ4v) is 3.53. The largest absolute Gasteiger partial charge is 0.481 e. The van der Waals surface area contributed by atoms with Crippen LogP contribution in [0.15, 0.2) is 54.9 Å². The number of imidazole rings is 1. The summed E-state index contributed by atoms with van der Waals surface area (Å²) in [4.78, 5) is 29.2. The van der Waals surface area contributed by atoms with Crippen molar-refractivity contribution in [3.63, 3.8) is 0 Å². The van der Waals surface area contributed by atoms with Crippen LogP contribution in [0, 0.1) is 5.92 Å². The molecule has 1 unspecified atom stereocenters. The summed E-state index contributed by atoms with van der Waals surface area (Å²) in [6.45, 7) is 1.92. The Bertz CT molecular complexity index is 996. The van der Waals surface area contributed by atoms with E-state index in [4.69, 9.17) is 5.11 Å². The van der Waals surface area contributed by atoms with Crippen LogP contribution >= 0.6 is 0 Å². The molecule has 2 N–H and O–H groups in total. The Hall–Kier alpha value is -3.35. The molecule has 1 fully saturated rings. The SMILES string of the molecule is O=C(O)C1CCN(C(=O)NCc2ccc(Cn3cnc4ccccc43)cc2)C1. The van der Waals surface area contributed by atoms with Crippen LogP contribution in [0.3, 0.4) is 0 Å². The van der Waals surface area contributed by atoms with Gasteiger partial charge in [0.25, 0.3) is 0 Å². The summed E-state index contributed by atoms with van der Waals surface area (Å²) in [5.74, 6) is -1.29. The number of hydrogen-bond acceptors (Lipinski definition) is 3. The number of fused-ring (bicyclic) bond motifs is 1. The number of carbonyl (C=O) groups is 2. The minimum absolute atomic E-state index is 0.210. The van der Waals surface area contributed by atoms with Crippen LogP contribution in [-0.4, -0.2) is 44.6 Å². The first-order chi connectivity index (χ1) is 13.6. The molecule has 1 aliphatic rings. The first-order valence-electron chi connectivity index (χ1n) is 9.33. The minimum Gasteiger partial charge on any atom is -0.481 e. The van der Waals surface area contributed by atoms with Crippen LogP contribution in [0.5, 0.6) is 0 Å². The van der Waals surface area contributed by atoms with Gasteiger partial charge in [-0.15, -0.1) is 0 Å². The standard InChI is InChI=1S/C21H22N4O3/c26-20(27)17-9-10-24(13-17)21(28)22-11-15-5-7-16(8-6-15)12-25-14-23-18-3-1-2-4-19(18)25/h1-8,14,17H,9-13H2,(H,22,28)(H,26,27). The van der Waals surface area contributed by atoms with Crippen LogP contribution in [-0.2, 0) is 17.9 Å². The summed E-state index contributed by atoms with van der Waals surface area (Å²) >= 11 is 0. The zero-order valence-corrected chi connectivity index (χ0v) is 15.4. The lowest BCUT2D eigenvalue weighted by Crippen LogP contribution is -2.38. The van der Waals surface area contributed by atoms with Crippen molar-refractivity contribution < 1.29 is 14.7 Å². The number of nitrogens with zero attached hydrogens (tertiary/aromatic N) is 3. The molecule has 0 aliphatic carbocycles. The van der Waals surface area contributed by atoms with Crippen LogP contribution in [0.1, 0.15) is 17.5 Å². The second-order valence-corrected chi connectivity index (χ2v) is 7.11. The average molecular weight is 378 g/mol. The summed E-state index contributed by atoms with van der Waals surface area (Å²) in [7, 11) is 0. The predicted octanol–water partition coefficient (Wildman–Crippen LogP) is 2.70. The van der Waals surface area contributed by atoms with Gasteiger partial charge in [0, 0.05) is 26.2 Å². The van der Waals surface area contributed by atoms with Crippen molar-refractivity contribution in [3.8, 4) is 0 Å². The van der Waals surface area contributed by atoms with Crippen molar-refractivity contribution >= 4 is 23.0 Å². The lowest BCUT2D eigenvalue weighted by molar-refractivity contribution is -0.141. The Morgan fingerprint density at radius 2 is 1.86 bits per heavy atom. The first-order valence-corrected chi connectivity index (χ1v) is 9.33. The molecule has 1 saturated heterocycles. The number of rotatable bonds is 5. The maximum Gasteiger partial charge on any atom is 0.317 e. The molecule has 0 spiro atoms. The van der Waals surface area contributed by atoms with E-state index in [1.807, 2.05) is 48.8 Å². The molecule has 0 bridgehead atoms. The van der Waals surface area contributed by atoms with Crippen molar-refractivity contribution in [1.29, 1.82) is 0 Å². The van der Waals surface area contributed by atoms with E-state index in [1.54, 1.807) is 4.90 Å². The summed E-state index contributed by atoms with van der Waals surface area (Å²) in [5.41, 5.74) is 4.24. The highest BCUT2D eigenvalue weighted by atomic mass is 16.4. The van der Waals surface area contributed by atoms with Crippen molar-refractivity contribution in [2.24, 2.45) is 5.92 Å². The zero-order chi connectivity index (χ0) is 19.5. The number of hydrogen-bond donors (Lipinski definition) is 2. The summed E-state index contributed by atoms with van der Waals surface area (Å²) in [5, 5.41) is 11.9. The first kappa shape index (κ1) is 18.0. The Labute approximate surface area is 162 Å². The molecule has 4 rings (SSSR count). The average Bonchev–Trinajstić information content (AvgIpc) is 3.35. The third-order valence-electron chi connectivity index (χ3n) is 5.17. The Kier molecular flexibility index (Phi) is 4.97. The number of nitrogens with one attached hydrogen (secondary N) is 1. The second-order valence-electron chi connectivity index (χ2n) is 7.11. The summed E-state index contributed by atoms with van der Waals surface area (Å²) in [6.07, 6.45) is 2.36. The number of benzene rings is 2. The molecule has 1 atom stereocenters. The molecular weight excluding hydrogens is 356 g/mol. The fourth-order valence-electron chi connectivity index (χ4n) is 3.53. The lowest BCUT2D eigenvalue weighted by atomic mass is 10.1. The van der Waals surface area contributed by atoms with Gasteiger partial charge in [-0.25, -0.2) is 9.78 Å². The van der Waals surface area contributed by atoms with Gasteiger partial charge in [-0.2, -0.15) is 0 Å². The zero-order valence-electron chi connectivity index (χ0n) is 15.4. The van der Waals surface area contributed by atoms with E-state index in [9.17, 15) is 9.59 Å². The van der Waals surface area contributed by atoms with Crippen molar-refractivity contribution in [2.45, 2.75) is 19.5 Å². The predicted molar refractivity (Wildman–Crippen MR) is 105 cm³/mol. The van der Waals surface area contributed by atoms with Crippen LogP contribution in [0.2, 0.25) is 0 Å². The van der Waals surface area contributed by atoms with E-state index in [2.05, 4.69) is 20.9 Å². The molecule has 2 amide bonds. The maximum absolute atomic E-state index is 12.2. The van der Waals surface area contributed by atoms with Gasteiger partial charge in [0.2, 0.25) is 0 Å². The van der Waals surface area contributed by atoms with E-state index in [0.29, 0.717) is 19.5 Å². The van der Waals surface area contributed by atoms with Crippen molar-refractivity contribution in [1.82, 2.24) is 19.8 Å². The van der Waals surface area contributed by atoms with Crippen LogP contribution < -0.4 is 5.32 Å². The van der Waals surface area contributed by atoms with Crippen LogP contribution in [0.4, 0.5) is 4.79 Å². The molecule has 0 radical (unpaired) electrons. The summed E-state index contributed by atoms with van der Waals surface area (Å²) < 4.78 is 2.11. The number of likely N-dealkylation sites (tertiary alicyclic amines) is 1. The molecule has 0 saturated carbocycles. The van der Waals surface area contributed by atoms with Gasteiger partial charge < -0.3 is 19.9 Å². The molecule has 3 aromatic rings. The van der Waals surface area contributed by atoms with Crippen molar-refractivity contribution in [2.75, 3.05) is 13.1 Å². The number of aliphatic carboxylic acids is 1. The van der Waals surface area contributed by atoms with Crippen molar-refractivity contribution in [3.05, 3.63) is 66.0 Å². The van der Waals surface area contributed by atoms with Gasteiger partial charge in [0.1, 0.15) is 0 Å². The third-order valence-corrected chi connectivity index (χ3v) is 5.17. The number of para-hydroxylation sites is 2. The maximum atomic E-state index is 12.2. The number of carboxylic acids is 1. The second kappa shape index (κ2) is 7.72. The molecule has 2 heterocycles. The Balaban J connectivity index is 1.32. The highest BCUT2D eigenvalue weighted by molar-refractivity contribution is 5.77. The van der Waals surface area contributed by atoms with E-state index in [1.165, 1.54) is 0 Å². The minimum atomic E-state index is -0.837. The smallest absolute Gasteiger partial charge is 0.317 e. The van der Waals surface area contributed by atoms with Gasteiger partial charge >= 0.3 is 12.0 Å². The third kappa shape index (κ3) is 3.83. The van der Waals surface area contributed by atoms with Gasteiger partial charge in [-0.3, -0.25) is 4.79 Å². The van der Waals surface area contributed by atoms with E-state index >= 15 is 0 Å². The highest BCUT2D eigenvalue weighted by Gasteiger charge is 2.30. The van der Waals surface area contributed by atoms with Gasteiger partial charge in [0.05, 0.1) is 23.3 Å². The van der Waals surface area contributed by atoms with Gasteiger partial charge in [-0.05, 0) is 29.7 Å². The molecule has 1 aliphatic heterocycles. The summed E-state index contributed by atoms with van der Waals surface area (Å²) in [6, 6.07) is 15.9. The number of amides is 2. The fraction of sp³-hybridized carbons (Fsp3) is 0.286. The number of urea groups is 1. The molecule has 7 heteroatoms. The monoisotopic (exact) mass is 378 g/mol. The van der Waals surface area contributed by atoms with Gasteiger partial charge in [-0.1, -0.05) is 36.4 Å². The molecule has 2 aromatic carbocycles.